The highest BCUT2D eigenvalue weighted by atomic mass is 16.6. The second kappa shape index (κ2) is 8.70. The summed E-state index contributed by atoms with van der Waals surface area (Å²) >= 11 is 0. The van der Waals surface area contributed by atoms with Gasteiger partial charge in [-0.25, -0.2) is 4.79 Å². The first kappa shape index (κ1) is 19.8. The minimum atomic E-state index is -0.436. The third-order valence-corrected chi connectivity index (χ3v) is 5.10. The first-order chi connectivity index (χ1) is 11.8. The standard InChI is InChI=1S/C21H33NO3/c1-20(2,3)25-19(23)22-15-12-21(13-16-22,14-17-24-4)11-10-18-8-6-5-7-9-18/h5-9H,10-17H2,1-4H3. The Morgan fingerprint density at radius 1 is 1.12 bits per heavy atom. The van der Waals surface area contributed by atoms with Gasteiger partial charge in [0.2, 0.25) is 0 Å². The van der Waals surface area contributed by atoms with E-state index < -0.39 is 5.60 Å². The Hall–Kier alpha value is -1.55. The Bertz CT molecular complexity index is 528. The molecule has 1 saturated heterocycles. The van der Waals surface area contributed by atoms with Gasteiger partial charge in [0.05, 0.1) is 0 Å². The summed E-state index contributed by atoms with van der Waals surface area (Å²) in [7, 11) is 1.76. The Kier molecular flexibility index (Phi) is 6.88. The molecule has 0 unspecified atom stereocenters. The molecule has 0 aliphatic carbocycles. The van der Waals surface area contributed by atoms with E-state index in [1.165, 1.54) is 5.56 Å². The maximum absolute atomic E-state index is 12.3. The van der Waals surface area contributed by atoms with E-state index in [0.29, 0.717) is 0 Å². The van der Waals surface area contributed by atoms with Crippen molar-refractivity contribution in [3.05, 3.63) is 35.9 Å². The van der Waals surface area contributed by atoms with Gasteiger partial charge in [0.1, 0.15) is 5.60 Å². The zero-order valence-corrected chi connectivity index (χ0v) is 16.2. The topological polar surface area (TPSA) is 38.8 Å². The first-order valence-corrected chi connectivity index (χ1v) is 9.34. The Balaban J connectivity index is 1.94. The fourth-order valence-electron chi connectivity index (χ4n) is 3.49. The van der Waals surface area contributed by atoms with Gasteiger partial charge >= 0.3 is 6.09 Å². The third-order valence-electron chi connectivity index (χ3n) is 5.10. The van der Waals surface area contributed by atoms with Crippen LogP contribution in [0, 0.1) is 5.41 Å². The highest BCUT2D eigenvalue weighted by Crippen LogP contribution is 2.39. The van der Waals surface area contributed by atoms with Crippen LogP contribution in [0.5, 0.6) is 0 Å². The summed E-state index contributed by atoms with van der Waals surface area (Å²) in [5, 5.41) is 0. The molecule has 0 saturated carbocycles. The van der Waals surface area contributed by atoms with Crippen molar-refractivity contribution in [1.29, 1.82) is 0 Å². The minimum absolute atomic E-state index is 0.184. The molecule has 1 heterocycles. The number of hydrogen-bond donors (Lipinski definition) is 0. The van der Waals surface area contributed by atoms with Gasteiger partial charge in [-0.3, -0.25) is 0 Å². The molecule has 0 aromatic heterocycles. The van der Waals surface area contributed by atoms with E-state index in [0.717, 1.165) is 51.8 Å². The largest absolute Gasteiger partial charge is 0.444 e. The SMILES string of the molecule is COCCC1(CCc2ccccc2)CCN(C(=O)OC(C)(C)C)CC1. The van der Waals surface area contributed by atoms with Crippen LogP contribution < -0.4 is 0 Å². The summed E-state index contributed by atoms with van der Waals surface area (Å²) in [4.78, 5) is 14.2. The lowest BCUT2D eigenvalue weighted by atomic mass is 9.72. The number of aryl methyl sites for hydroxylation is 1. The van der Waals surface area contributed by atoms with E-state index in [1.54, 1.807) is 7.11 Å². The van der Waals surface area contributed by atoms with Crippen LogP contribution in [0.25, 0.3) is 0 Å². The monoisotopic (exact) mass is 347 g/mol. The maximum atomic E-state index is 12.3. The van der Waals surface area contributed by atoms with Crippen LogP contribution in [0.15, 0.2) is 30.3 Å². The molecule has 1 aromatic carbocycles. The molecule has 0 bridgehead atoms. The molecule has 4 heteroatoms. The number of nitrogens with zero attached hydrogens (tertiary/aromatic N) is 1. The average Bonchev–Trinajstić information content (AvgIpc) is 2.58. The lowest BCUT2D eigenvalue weighted by Gasteiger charge is -2.42. The molecule has 4 nitrogen and oxygen atoms in total. The lowest BCUT2D eigenvalue weighted by Crippen LogP contribution is -2.45. The number of likely N-dealkylation sites (tertiary alicyclic amines) is 1. The second-order valence-electron chi connectivity index (χ2n) is 8.20. The fraction of sp³-hybridized carbons (Fsp3) is 0.667. The number of ether oxygens (including phenoxy) is 2. The number of carbonyl (C=O) groups excluding carboxylic acids is 1. The van der Waals surface area contributed by atoms with Crippen LogP contribution in [-0.2, 0) is 15.9 Å². The predicted octanol–water partition coefficient (Wildman–Crippen LogP) is 4.67. The van der Waals surface area contributed by atoms with Gasteiger partial charge in [-0.15, -0.1) is 0 Å². The smallest absolute Gasteiger partial charge is 0.410 e. The summed E-state index contributed by atoms with van der Waals surface area (Å²) in [5.74, 6) is 0. The van der Waals surface area contributed by atoms with Crippen molar-refractivity contribution in [2.75, 3.05) is 26.8 Å². The van der Waals surface area contributed by atoms with Gasteiger partial charge in [0.15, 0.2) is 0 Å². The van der Waals surface area contributed by atoms with Crippen LogP contribution in [0.1, 0.15) is 52.0 Å². The summed E-state index contributed by atoms with van der Waals surface area (Å²) in [5.41, 5.74) is 1.20. The van der Waals surface area contributed by atoms with E-state index in [4.69, 9.17) is 9.47 Å². The Labute approximate surface area is 152 Å². The fourth-order valence-corrected chi connectivity index (χ4v) is 3.49. The van der Waals surface area contributed by atoms with Crippen molar-refractivity contribution in [2.45, 2.75) is 58.5 Å². The molecule has 0 spiro atoms. The van der Waals surface area contributed by atoms with Crippen molar-refractivity contribution in [3.8, 4) is 0 Å². The predicted molar refractivity (Wildman–Crippen MR) is 101 cm³/mol. The molecule has 2 rings (SSSR count). The maximum Gasteiger partial charge on any atom is 0.410 e. The van der Waals surface area contributed by atoms with Gasteiger partial charge < -0.3 is 14.4 Å². The van der Waals surface area contributed by atoms with E-state index >= 15 is 0 Å². The van der Waals surface area contributed by atoms with Gasteiger partial charge in [-0.2, -0.15) is 0 Å². The second-order valence-corrected chi connectivity index (χ2v) is 8.20. The number of hydrogen-bond acceptors (Lipinski definition) is 3. The number of piperidine rings is 1. The highest BCUT2D eigenvalue weighted by Gasteiger charge is 2.36. The van der Waals surface area contributed by atoms with Gasteiger partial charge in [0.25, 0.3) is 0 Å². The molecule has 1 aromatic rings. The van der Waals surface area contributed by atoms with Gasteiger partial charge in [0, 0.05) is 26.8 Å². The first-order valence-electron chi connectivity index (χ1n) is 9.34. The molecule has 0 radical (unpaired) electrons. The highest BCUT2D eigenvalue weighted by molar-refractivity contribution is 5.68. The molecule has 0 N–H and O–H groups in total. The van der Waals surface area contributed by atoms with E-state index in [2.05, 4.69) is 30.3 Å². The molecule has 1 aliphatic rings. The molecule has 140 valence electrons. The van der Waals surface area contributed by atoms with Gasteiger partial charge in [-0.05, 0) is 63.9 Å². The number of carbonyl (C=O) groups is 1. The van der Waals surface area contributed by atoms with Crippen LogP contribution >= 0.6 is 0 Å². The molecule has 1 fully saturated rings. The van der Waals surface area contributed by atoms with Crippen molar-refractivity contribution < 1.29 is 14.3 Å². The molecule has 1 aliphatic heterocycles. The van der Waals surface area contributed by atoms with Crippen LogP contribution in [0.4, 0.5) is 4.79 Å². The molecule has 1 amide bonds. The molecular formula is C21H33NO3. The number of amides is 1. The average molecular weight is 347 g/mol. The number of benzene rings is 1. The zero-order chi connectivity index (χ0) is 18.3. The van der Waals surface area contributed by atoms with E-state index in [1.807, 2.05) is 25.7 Å². The normalized spacial score (nSPS) is 17.4. The molecule has 0 atom stereocenters. The Morgan fingerprint density at radius 2 is 1.76 bits per heavy atom. The quantitative estimate of drug-likeness (QED) is 0.750. The van der Waals surface area contributed by atoms with Crippen molar-refractivity contribution >= 4 is 6.09 Å². The lowest BCUT2D eigenvalue weighted by molar-refractivity contribution is 0.00390. The summed E-state index contributed by atoms with van der Waals surface area (Å²) in [6.45, 7) is 8.06. The van der Waals surface area contributed by atoms with Crippen LogP contribution in [0.2, 0.25) is 0 Å². The number of rotatable bonds is 6. The van der Waals surface area contributed by atoms with Crippen molar-refractivity contribution in [3.63, 3.8) is 0 Å². The summed E-state index contributed by atoms with van der Waals surface area (Å²) in [6.07, 6.45) is 5.12. The van der Waals surface area contributed by atoms with Crippen molar-refractivity contribution in [1.82, 2.24) is 4.90 Å². The summed E-state index contributed by atoms with van der Waals surface area (Å²) < 4.78 is 10.9. The molecular weight excluding hydrogens is 314 g/mol. The van der Waals surface area contributed by atoms with Crippen LogP contribution in [-0.4, -0.2) is 43.4 Å². The summed E-state index contributed by atoms with van der Waals surface area (Å²) in [6, 6.07) is 10.6. The third kappa shape index (κ3) is 6.35. The van der Waals surface area contributed by atoms with Crippen molar-refractivity contribution in [2.24, 2.45) is 5.41 Å². The number of methoxy groups -OCH3 is 1. The van der Waals surface area contributed by atoms with Crippen LogP contribution in [0.3, 0.4) is 0 Å². The van der Waals surface area contributed by atoms with E-state index in [9.17, 15) is 4.79 Å². The van der Waals surface area contributed by atoms with E-state index in [-0.39, 0.29) is 11.5 Å². The zero-order valence-electron chi connectivity index (χ0n) is 16.2. The van der Waals surface area contributed by atoms with Gasteiger partial charge in [-0.1, -0.05) is 30.3 Å². The molecule has 25 heavy (non-hydrogen) atoms. The minimum Gasteiger partial charge on any atom is -0.444 e. The Morgan fingerprint density at radius 3 is 2.32 bits per heavy atom.